The summed E-state index contributed by atoms with van der Waals surface area (Å²) in [6.45, 7) is 13.3. The van der Waals surface area contributed by atoms with Crippen LogP contribution in [0.1, 0.15) is 61.8 Å². The molecule has 1 aliphatic carbocycles. The topological polar surface area (TPSA) is 99.1 Å². The van der Waals surface area contributed by atoms with Crippen molar-refractivity contribution < 1.29 is 14.0 Å². The summed E-state index contributed by atoms with van der Waals surface area (Å²) in [5, 5.41) is 3.90. The van der Waals surface area contributed by atoms with E-state index in [1.54, 1.807) is 19.4 Å². The zero-order chi connectivity index (χ0) is 30.2. The molecule has 0 saturated heterocycles. The van der Waals surface area contributed by atoms with E-state index in [0.29, 0.717) is 32.7 Å². The second-order valence-corrected chi connectivity index (χ2v) is 18.2. The second kappa shape index (κ2) is 11.8. The number of hydrogen-bond donors (Lipinski definition) is 1. The number of methoxy groups -OCH3 is 1. The lowest BCUT2D eigenvalue weighted by Crippen LogP contribution is -2.44. The average Bonchev–Trinajstić information content (AvgIpc) is 3.34. The molecule has 1 aliphatic rings. The molecule has 1 atom stereocenters. The smallest absolute Gasteiger partial charge is 0.259 e. The highest BCUT2D eigenvalue weighted by atomic mass is 35.5. The van der Waals surface area contributed by atoms with Crippen molar-refractivity contribution in [2.75, 3.05) is 12.4 Å². The standard InChI is InChI=1S/C31H36ClN5O3SSi/c1-18-14-21(22-15-27(32)34-17-26(22)39-5)23(16-33-18)28(38)37-30-36-25-13-12-24(35-29(25)41-30)19-8-10-20(11-9-19)40-42(6,7)31(2,3)4/h8,12-17,20H,9-11H2,1-7H3,(H,36,37,38). The predicted octanol–water partition coefficient (Wildman–Crippen LogP) is 8.33. The number of nitrogens with zero attached hydrogens (tertiary/aromatic N) is 4. The quantitative estimate of drug-likeness (QED) is 0.164. The Morgan fingerprint density at radius 3 is 2.60 bits per heavy atom. The van der Waals surface area contributed by atoms with Gasteiger partial charge in [-0.15, -0.1) is 0 Å². The van der Waals surface area contributed by atoms with Gasteiger partial charge in [0.05, 0.1) is 24.6 Å². The summed E-state index contributed by atoms with van der Waals surface area (Å²) in [5.41, 5.74) is 5.33. The van der Waals surface area contributed by atoms with Gasteiger partial charge in [-0.3, -0.25) is 15.1 Å². The molecule has 0 spiro atoms. The van der Waals surface area contributed by atoms with Crippen LogP contribution in [0.3, 0.4) is 0 Å². The maximum Gasteiger partial charge on any atom is 0.259 e. The molecule has 0 bridgehead atoms. The van der Waals surface area contributed by atoms with E-state index in [0.717, 1.165) is 41.0 Å². The zero-order valence-electron chi connectivity index (χ0n) is 25.0. The van der Waals surface area contributed by atoms with Gasteiger partial charge in [0, 0.05) is 29.1 Å². The number of anilines is 1. The fourth-order valence-corrected chi connectivity index (χ4v) is 7.10. The Kier molecular flexibility index (Phi) is 8.53. The van der Waals surface area contributed by atoms with Gasteiger partial charge in [-0.1, -0.05) is 49.8 Å². The van der Waals surface area contributed by atoms with Crippen molar-refractivity contribution >= 4 is 58.2 Å². The van der Waals surface area contributed by atoms with Gasteiger partial charge < -0.3 is 9.16 Å². The molecular formula is C31H36ClN5O3SSi. The summed E-state index contributed by atoms with van der Waals surface area (Å²) < 4.78 is 12.1. The Balaban J connectivity index is 1.35. The van der Waals surface area contributed by atoms with Gasteiger partial charge in [-0.25, -0.2) is 15.0 Å². The van der Waals surface area contributed by atoms with E-state index < -0.39 is 8.32 Å². The molecule has 0 saturated carbocycles. The second-order valence-electron chi connectivity index (χ2n) is 12.1. The maximum atomic E-state index is 13.5. The van der Waals surface area contributed by atoms with Gasteiger partial charge in [0.1, 0.15) is 21.2 Å². The van der Waals surface area contributed by atoms with Gasteiger partial charge in [-0.05, 0) is 74.2 Å². The monoisotopic (exact) mass is 621 g/mol. The first-order valence-corrected chi connectivity index (χ1v) is 18.1. The number of pyridine rings is 3. The van der Waals surface area contributed by atoms with Crippen LogP contribution in [-0.2, 0) is 4.43 Å². The third kappa shape index (κ3) is 6.41. The molecule has 42 heavy (non-hydrogen) atoms. The molecule has 4 aromatic rings. The first-order chi connectivity index (χ1) is 19.8. The minimum absolute atomic E-state index is 0.194. The normalized spacial score (nSPS) is 15.9. The van der Waals surface area contributed by atoms with E-state index in [-0.39, 0.29) is 17.0 Å². The van der Waals surface area contributed by atoms with Crippen LogP contribution in [0.5, 0.6) is 5.75 Å². The molecule has 11 heteroatoms. The van der Waals surface area contributed by atoms with Crippen molar-refractivity contribution in [3.8, 4) is 16.9 Å². The van der Waals surface area contributed by atoms with Gasteiger partial charge in [-0.2, -0.15) is 0 Å². The summed E-state index contributed by atoms with van der Waals surface area (Å²) >= 11 is 7.53. The number of carbonyl (C=O) groups is 1. The number of rotatable bonds is 7. The Morgan fingerprint density at radius 2 is 1.90 bits per heavy atom. The number of carbonyl (C=O) groups excluding carboxylic acids is 1. The van der Waals surface area contributed by atoms with Crippen LogP contribution in [0.4, 0.5) is 5.13 Å². The number of allylic oxidation sites excluding steroid dienone is 1. The number of halogens is 1. The summed E-state index contributed by atoms with van der Waals surface area (Å²) in [6.07, 6.45) is 8.42. The first kappa shape index (κ1) is 30.3. The lowest BCUT2D eigenvalue weighted by atomic mass is 9.95. The van der Waals surface area contributed by atoms with Crippen LogP contribution in [0.15, 0.2) is 42.7 Å². The van der Waals surface area contributed by atoms with Crippen LogP contribution in [0, 0.1) is 6.92 Å². The van der Waals surface area contributed by atoms with E-state index in [4.69, 9.17) is 25.7 Å². The van der Waals surface area contributed by atoms with E-state index in [1.807, 2.05) is 25.1 Å². The van der Waals surface area contributed by atoms with Crippen LogP contribution in [0.25, 0.3) is 27.0 Å². The van der Waals surface area contributed by atoms with Crippen molar-refractivity contribution in [2.24, 2.45) is 0 Å². The molecule has 0 aromatic carbocycles. The number of fused-ring (bicyclic) bond motifs is 1. The molecule has 1 unspecified atom stereocenters. The highest BCUT2D eigenvalue weighted by Crippen LogP contribution is 2.40. The Morgan fingerprint density at radius 1 is 1.12 bits per heavy atom. The highest BCUT2D eigenvalue weighted by Gasteiger charge is 2.39. The molecule has 5 rings (SSSR count). The third-order valence-electron chi connectivity index (χ3n) is 8.06. The Hall–Kier alpha value is -3.18. The number of ether oxygens (including phenoxy) is 1. The summed E-state index contributed by atoms with van der Waals surface area (Å²) in [4.78, 5) is 32.2. The summed E-state index contributed by atoms with van der Waals surface area (Å²) in [5.74, 6) is 0.167. The molecule has 0 radical (unpaired) electrons. The largest absolute Gasteiger partial charge is 0.494 e. The van der Waals surface area contributed by atoms with Crippen LogP contribution in [0.2, 0.25) is 23.3 Å². The van der Waals surface area contributed by atoms with Crippen LogP contribution >= 0.6 is 22.9 Å². The number of amides is 1. The Bertz CT molecular complexity index is 1680. The molecule has 0 fully saturated rings. The van der Waals surface area contributed by atoms with Crippen LogP contribution in [-0.4, -0.2) is 47.4 Å². The molecule has 4 aromatic heterocycles. The average molecular weight is 622 g/mol. The minimum atomic E-state index is -1.80. The van der Waals surface area contributed by atoms with Gasteiger partial charge in [0.2, 0.25) is 0 Å². The molecule has 1 N–H and O–H groups in total. The molecule has 8 nitrogen and oxygen atoms in total. The van der Waals surface area contributed by atoms with Crippen molar-refractivity contribution in [2.45, 2.75) is 71.2 Å². The highest BCUT2D eigenvalue weighted by molar-refractivity contribution is 7.22. The molecule has 220 valence electrons. The van der Waals surface area contributed by atoms with E-state index in [9.17, 15) is 4.79 Å². The predicted molar refractivity (Wildman–Crippen MR) is 173 cm³/mol. The van der Waals surface area contributed by atoms with Crippen molar-refractivity contribution in [1.29, 1.82) is 0 Å². The molecular weight excluding hydrogens is 586 g/mol. The van der Waals surface area contributed by atoms with Gasteiger partial charge >= 0.3 is 0 Å². The van der Waals surface area contributed by atoms with Crippen molar-refractivity contribution in [1.82, 2.24) is 19.9 Å². The number of aryl methyl sites for hydroxylation is 1. The van der Waals surface area contributed by atoms with Crippen molar-refractivity contribution in [3.05, 3.63) is 64.8 Å². The number of thiazole rings is 1. The summed E-state index contributed by atoms with van der Waals surface area (Å²) in [7, 11) is -0.252. The fourth-order valence-electron chi connectivity index (χ4n) is 4.71. The van der Waals surface area contributed by atoms with Gasteiger partial charge in [0.15, 0.2) is 13.4 Å². The zero-order valence-corrected chi connectivity index (χ0v) is 27.6. The first-order valence-electron chi connectivity index (χ1n) is 14.0. The van der Waals surface area contributed by atoms with E-state index in [1.165, 1.54) is 23.1 Å². The van der Waals surface area contributed by atoms with Crippen LogP contribution < -0.4 is 10.1 Å². The van der Waals surface area contributed by atoms with E-state index >= 15 is 0 Å². The maximum absolute atomic E-state index is 13.5. The minimum Gasteiger partial charge on any atom is -0.494 e. The lowest BCUT2D eigenvalue weighted by molar-refractivity contribution is 0.102. The van der Waals surface area contributed by atoms with Crippen molar-refractivity contribution in [3.63, 3.8) is 0 Å². The molecule has 1 amide bonds. The third-order valence-corrected chi connectivity index (χ3v) is 13.7. The fraction of sp³-hybridized carbons (Fsp3) is 0.387. The number of nitrogens with one attached hydrogen (secondary N) is 1. The van der Waals surface area contributed by atoms with Gasteiger partial charge in [0.25, 0.3) is 5.91 Å². The number of hydrogen-bond acceptors (Lipinski definition) is 8. The Labute approximate surface area is 256 Å². The molecule has 0 aliphatic heterocycles. The lowest BCUT2D eigenvalue weighted by Gasteiger charge is -2.40. The number of aromatic nitrogens is 4. The SMILES string of the molecule is COc1cnc(Cl)cc1-c1cc(C)ncc1C(=O)Nc1nc2ccc(C3=CCC(O[Si](C)(C)C(C)(C)C)CC3)nc2s1. The molecule has 4 heterocycles. The van der Waals surface area contributed by atoms with E-state index in [2.05, 4.69) is 60.2 Å². The summed E-state index contributed by atoms with van der Waals surface area (Å²) in [6, 6.07) is 7.48.